The van der Waals surface area contributed by atoms with Gasteiger partial charge in [0.05, 0.1) is 10.5 Å². The number of piperidine rings is 1. The molecule has 1 fully saturated rings. The first-order valence-electron chi connectivity index (χ1n) is 9.23. The molecule has 1 N–H and O–H groups in total. The molecule has 30 heavy (non-hydrogen) atoms. The van der Waals surface area contributed by atoms with Crippen LogP contribution in [0.15, 0.2) is 47.4 Å². The molecule has 1 aliphatic rings. The molecule has 0 atom stereocenters. The summed E-state index contributed by atoms with van der Waals surface area (Å²) in [6, 6.07) is 8.77. The van der Waals surface area contributed by atoms with Crippen molar-refractivity contribution >= 4 is 33.2 Å². The molecule has 3 rings (SSSR count). The quantitative estimate of drug-likeness (QED) is 0.718. The second-order valence-corrected chi connectivity index (χ2v) is 9.53. The molecule has 0 aliphatic carbocycles. The number of carbonyl (C=O) groups excluding carboxylic acids is 1. The minimum atomic E-state index is -4.63. The lowest BCUT2D eigenvalue weighted by Crippen LogP contribution is -2.41. The number of sulfonamides is 1. The molecule has 1 amide bonds. The first kappa shape index (κ1) is 22.6. The van der Waals surface area contributed by atoms with E-state index >= 15 is 0 Å². The lowest BCUT2D eigenvalue weighted by molar-refractivity contribution is -0.137. The van der Waals surface area contributed by atoms with E-state index in [9.17, 15) is 26.4 Å². The van der Waals surface area contributed by atoms with Gasteiger partial charge in [-0.15, -0.1) is 0 Å². The van der Waals surface area contributed by atoms with Crippen LogP contribution in [0.1, 0.15) is 24.0 Å². The number of hydrogen-bond donors (Lipinski definition) is 1. The van der Waals surface area contributed by atoms with Crippen molar-refractivity contribution in [1.82, 2.24) is 4.31 Å². The maximum atomic E-state index is 12.9. The zero-order valence-electron chi connectivity index (χ0n) is 16.0. The van der Waals surface area contributed by atoms with Crippen LogP contribution in [0.5, 0.6) is 0 Å². The zero-order valence-corrected chi connectivity index (χ0v) is 17.6. The molecule has 0 radical (unpaired) electrons. The van der Waals surface area contributed by atoms with Crippen LogP contribution >= 0.6 is 11.6 Å². The Balaban J connectivity index is 1.66. The molecular weight excluding hydrogens is 441 g/mol. The van der Waals surface area contributed by atoms with Crippen LogP contribution < -0.4 is 5.32 Å². The fourth-order valence-electron chi connectivity index (χ4n) is 3.34. The molecule has 5 nitrogen and oxygen atoms in total. The Hall–Kier alpha value is -2.10. The van der Waals surface area contributed by atoms with Gasteiger partial charge in [0, 0.05) is 29.7 Å². The van der Waals surface area contributed by atoms with E-state index in [1.807, 2.05) is 6.92 Å². The SMILES string of the molecule is Cc1cc(Cl)ccc1NC(=O)C1CCN(S(=O)(=O)c2cccc(C(F)(F)F)c2)CC1. The fraction of sp³-hybridized carbons (Fsp3) is 0.350. The predicted molar refractivity (Wildman–Crippen MR) is 108 cm³/mol. The predicted octanol–water partition coefficient (Wildman–Crippen LogP) is 4.71. The standard InChI is InChI=1S/C20H20ClF3N2O3S/c1-13-11-16(21)5-6-18(13)25-19(27)14-7-9-26(10-8-14)30(28,29)17-4-2-3-15(12-17)20(22,23)24/h2-6,11-12,14H,7-10H2,1H3,(H,25,27). The number of benzene rings is 2. The lowest BCUT2D eigenvalue weighted by atomic mass is 9.97. The zero-order chi connectivity index (χ0) is 22.1. The van der Waals surface area contributed by atoms with Crippen LogP contribution in [0.25, 0.3) is 0 Å². The van der Waals surface area contributed by atoms with Gasteiger partial charge in [-0.05, 0) is 61.7 Å². The van der Waals surface area contributed by atoms with Crippen molar-refractivity contribution < 1.29 is 26.4 Å². The highest BCUT2D eigenvalue weighted by atomic mass is 35.5. The molecule has 1 saturated heterocycles. The minimum absolute atomic E-state index is 0.0519. The molecule has 2 aromatic carbocycles. The molecule has 2 aromatic rings. The third-order valence-corrected chi connectivity index (χ3v) is 7.20. The van der Waals surface area contributed by atoms with E-state index in [4.69, 9.17) is 11.6 Å². The Bertz CT molecular complexity index is 1050. The molecule has 1 heterocycles. The van der Waals surface area contributed by atoms with E-state index in [0.717, 1.165) is 28.1 Å². The number of anilines is 1. The third kappa shape index (κ3) is 4.96. The van der Waals surface area contributed by atoms with Crippen LogP contribution in [-0.4, -0.2) is 31.7 Å². The number of alkyl halides is 3. The summed E-state index contributed by atoms with van der Waals surface area (Å²) in [6.07, 6.45) is -4.08. The minimum Gasteiger partial charge on any atom is -0.326 e. The second kappa shape index (κ2) is 8.56. The first-order valence-corrected chi connectivity index (χ1v) is 11.0. The van der Waals surface area contributed by atoms with Crippen molar-refractivity contribution in [3.8, 4) is 0 Å². The van der Waals surface area contributed by atoms with Crippen LogP contribution in [-0.2, 0) is 21.0 Å². The number of halogens is 4. The number of hydrogen-bond acceptors (Lipinski definition) is 3. The molecule has 0 spiro atoms. The van der Waals surface area contributed by atoms with Gasteiger partial charge in [-0.3, -0.25) is 4.79 Å². The molecule has 0 unspecified atom stereocenters. The average Bonchev–Trinajstić information content (AvgIpc) is 2.69. The van der Waals surface area contributed by atoms with Gasteiger partial charge < -0.3 is 5.32 Å². The van der Waals surface area contributed by atoms with Crippen LogP contribution in [0.2, 0.25) is 5.02 Å². The average molecular weight is 461 g/mol. The van der Waals surface area contributed by atoms with Crippen molar-refractivity contribution in [1.29, 1.82) is 0 Å². The largest absolute Gasteiger partial charge is 0.416 e. The molecule has 0 saturated carbocycles. The van der Waals surface area contributed by atoms with Crippen LogP contribution in [0, 0.1) is 12.8 Å². The van der Waals surface area contributed by atoms with E-state index in [2.05, 4.69) is 5.32 Å². The van der Waals surface area contributed by atoms with E-state index in [0.29, 0.717) is 16.8 Å². The van der Waals surface area contributed by atoms with Gasteiger partial charge in [0.1, 0.15) is 0 Å². The van der Waals surface area contributed by atoms with Crippen LogP contribution in [0.4, 0.5) is 18.9 Å². The summed E-state index contributed by atoms with van der Waals surface area (Å²) in [6.45, 7) is 1.91. The van der Waals surface area contributed by atoms with Crippen molar-refractivity contribution in [2.75, 3.05) is 18.4 Å². The number of rotatable bonds is 4. The fourth-order valence-corrected chi connectivity index (χ4v) is 5.09. The third-order valence-electron chi connectivity index (χ3n) is 5.07. The molecule has 0 bridgehead atoms. The Labute approximate surface area is 177 Å². The highest BCUT2D eigenvalue weighted by Gasteiger charge is 2.35. The summed E-state index contributed by atoms with van der Waals surface area (Å²) in [7, 11) is -4.08. The van der Waals surface area contributed by atoms with E-state index in [1.165, 1.54) is 0 Å². The van der Waals surface area contributed by atoms with Gasteiger partial charge in [-0.2, -0.15) is 17.5 Å². The molecule has 1 aliphatic heterocycles. The van der Waals surface area contributed by atoms with Gasteiger partial charge in [-0.1, -0.05) is 17.7 Å². The van der Waals surface area contributed by atoms with Crippen LogP contribution in [0.3, 0.4) is 0 Å². The summed E-state index contributed by atoms with van der Waals surface area (Å²) in [5, 5.41) is 3.38. The maximum Gasteiger partial charge on any atom is 0.416 e. The monoisotopic (exact) mass is 460 g/mol. The van der Waals surface area contributed by atoms with Crippen molar-refractivity contribution in [2.24, 2.45) is 5.92 Å². The van der Waals surface area contributed by atoms with Gasteiger partial charge in [0.2, 0.25) is 15.9 Å². The summed E-state index contributed by atoms with van der Waals surface area (Å²) in [5.74, 6) is -0.621. The van der Waals surface area contributed by atoms with E-state index in [1.54, 1.807) is 18.2 Å². The number of carbonyl (C=O) groups is 1. The summed E-state index contributed by atoms with van der Waals surface area (Å²) < 4.78 is 65.4. The summed E-state index contributed by atoms with van der Waals surface area (Å²) in [5.41, 5.74) is 0.417. The lowest BCUT2D eigenvalue weighted by Gasteiger charge is -2.30. The number of nitrogens with zero attached hydrogens (tertiary/aromatic N) is 1. The summed E-state index contributed by atoms with van der Waals surface area (Å²) >= 11 is 5.91. The highest BCUT2D eigenvalue weighted by molar-refractivity contribution is 7.89. The molecule has 162 valence electrons. The second-order valence-electron chi connectivity index (χ2n) is 7.15. The maximum absolute atomic E-state index is 12.9. The van der Waals surface area contributed by atoms with Crippen molar-refractivity contribution in [3.05, 3.63) is 58.6 Å². The summed E-state index contributed by atoms with van der Waals surface area (Å²) in [4.78, 5) is 12.1. The van der Waals surface area contributed by atoms with Gasteiger partial charge >= 0.3 is 6.18 Å². The van der Waals surface area contributed by atoms with E-state index < -0.39 is 32.6 Å². The Kier molecular flexibility index (Phi) is 6.45. The highest BCUT2D eigenvalue weighted by Crippen LogP contribution is 2.32. The van der Waals surface area contributed by atoms with Gasteiger partial charge in [-0.25, -0.2) is 8.42 Å². The van der Waals surface area contributed by atoms with Crippen molar-refractivity contribution in [2.45, 2.75) is 30.8 Å². The number of aryl methyl sites for hydroxylation is 1. The van der Waals surface area contributed by atoms with Gasteiger partial charge in [0.15, 0.2) is 0 Å². The molecular formula is C20H20ClF3N2O3S. The smallest absolute Gasteiger partial charge is 0.326 e. The van der Waals surface area contributed by atoms with Gasteiger partial charge in [0.25, 0.3) is 0 Å². The Morgan fingerprint density at radius 2 is 1.80 bits per heavy atom. The normalized spacial score (nSPS) is 16.4. The number of amides is 1. The van der Waals surface area contributed by atoms with Crippen molar-refractivity contribution in [3.63, 3.8) is 0 Å². The Morgan fingerprint density at radius 3 is 2.40 bits per heavy atom. The van der Waals surface area contributed by atoms with E-state index in [-0.39, 0.29) is 31.8 Å². The molecule has 0 aromatic heterocycles. The Morgan fingerprint density at radius 1 is 1.13 bits per heavy atom. The number of nitrogens with one attached hydrogen (secondary N) is 1. The molecule has 10 heteroatoms. The first-order chi connectivity index (χ1) is 14.0. The topological polar surface area (TPSA) is 66.5 Å².